The lowest BCUT2D eigenvalue weighted by atomic mass is 10.2. The number of rotatable bonds is 6. The van der Waals surface area contributed by atoms with Gasteiger partial charge in [0.1, 0.15) is 0 Å². The van der Waals surface area contributed by atoms with Gasteiger partial charge >= 0.3 is 0 Å². The Bertz CT molecular complexity index is 499. The number of thiophene rings is 1. The fraction of sp³-hybridized carbons (Fsp3) is 0.500. The van der Waals surface area contributed by atoms with Gasteiger partial charge in [-0.1, -0.05) is 6.92 Å². The Kier molecular flexibility index (Phi) is 4.55. The zero-order valence-corrected chi connectivity index (χ0v) is 12.2. The number of hydrogen-bond acceptors (Lipinski definition) is 3. The monoisotopic (exact) mass is 263 g/mol. The van der Waals surface area contributed by atoms with E-state index in [1.54, 1.807) is 0 Å². The van der Waals surface area contributed by atoms with Gasteiger partial charge in [-0.25, -0.2) is 0 Å². The Hall–Kier alpha value is -1.13. The van der Waals surface area contributed by atoms with Gasteiger partial charge in [0.25, 0.3) is 0 Å². The average molecular weight is 263 g/mol. The summed E-state index contributed by atoms with van der Waals surface area (Å²) in [6.45, 7) is 9.44. The molecule has 0 aromatic carbocycles. The topological polar surface area (TPSA) is 29.9 Å². The van der Waals surface area contributed by atoms with Crippen LogP contribution < -0.4 is 5.32 Å². The molecule has 2 heterocycles. The van der Waals surface area contributed by atoms with Crippen LogP contribution in [0.4, 0.5) is 0 Å². The fourth-order valence-electron chi connectivity index (χ4n) is 1.95. The summed E-state index contributed by atoms with van der Waals surface area (Å²) < 4.78 is 2.05. The molecule has 3 nitrogen and oxygen atoms in total. The van der Waals surface area contributed by atoms with E-state index in [0.29, 0.717) is 0 Å². The summed E-state index contributed by atoms with van der Waals surface area (Å²) in [6.07, 6.45) is 3.05. The van der Waals surface area contributed by atoms with E-state index < -0.39 is 0 Å². The van der Waals surface area contributed by atoms with Crippen molar-refractivity contribution in [2.75, 3.05) is 6.54 Å². The molecule has 0 unspecified atom stereocenters. The normalized spacial score (nSPS) is 11.1. The van der Waals surface area contributed by atoms with E-state index in [1.165, 1.54) is 27.4 Å². The summed E-state index contributed by atoms with van der Waals surface area (Å²) in [5.41, 5.74) is 2.60. The van der Waals surface area contributed by atoms with E-state index in [1.807, 2.05) is 23.6 Å². The summed E-state index contributed by atoms with van der Waals surface area (Å²) >= 11 is 1.89. The molecule has 0 saturated heterocycles. The average Bonchev–Trinajstić information content (AvgIpc) is 2.88. The molecule has 0 atom stereocenters. The van der Waals surface area contributed by atoms with Crippen molar-refractivity contribution in [2.45, 2.75) is 40.3 Å². The molecule has 0 radical (unpaired) electrons. The van der Waals surface area contributed by atoms with Crippen molar-refractivity contribution in [3.05, 3.63) is 39.3 Å². The molecule has 0 aliphatic heterocycles. The molecule has 1 N–H and O–H groups in total. The zero-order valence-electron chi connectivity index (χ0n) is 11.4. The predicted octanol–water partition coefficient (Wildman–Crippen LogP) is 3.11. The first-order chi connectivity index (χ1) is 8.70. The van der Waals surface area contributed by atoms with Gasteiger partial charge in [0.15, 0.2) is 0 Å². The maximum Gasteiger partial charge on any atom is 0.0673 e. The first-order valence-electron chi connectivity index (χ1n) is 6.48. The van der Waals surface area contributed by atoms with Crippen molar-refractivity contribution in [2.24, 2.45) is 0 Å². The van der Waals surface area contributed by atoms with Gasteiger partial charge in [-0.3, -0.25) is 4.68 Å². The zero-order chi connectivity index (χ0) is 13.0. The van der Waals surface area contributed by atoms with Crippen LogP contribution >= 0.6 is 11.3 Å². The highest BCUT2D eigenvalue weighted by Crippen LogP contribution is 2.22. The predicted molar refractivity (Wildman–Crippen MR) is 77.1 cm³/mol. The van der Waals surface area contributed by atoms with Gasteiger partial charge in [0.05, 0.1) is 6.54 Å². The van der Waals surface area contributed by atoms with Gasteiger partial charge in [0, 0.05) is 28.2 Å². The van der Waals surface area contributed by atoms with Crippen LogP contribution in [0.1, 0.15) is 34.4 Å². The van der Waals surface area contributed by atoms with E-state index in [2.05, 4.69) is 41.9 Å². The third-order valence-corrected chi connectivity index (χ3v) is 4.14. The van der Waals surface area contributed by atoms with Crippen molar-refractivity contribution in [3.63, 3.8) is 0 Å². The maximum absolute atomic E-state index is 4.34. The second-order valence-electron chi connectivity index (χ2n) is 4.60. The first kappa shape index (κ1) is 13.3. The molecule has 0 saturated carbocycles. The number of hydrogen-bond donors (Lipinski definition) is 1. The number of nitrogens with one attached hydrogen (secondary N) is 1. The van der Waals surface area contributed by atoms with E-state index in [4.69, 9.17) is 0 Å². The molecule has 2 rings (SSSR count). The van der Waals surface area contributed by atoms with Gasteiger partial charge < -0.3 is 5.32 Å². The molecule has 2 aromatic heterocycles. The van der Waals surface area contributed by atoms with Gasteiger partial charge in [-0.15, -0.1) is 11.3 Å². The number of nitrogens with zero attached hydrogens (tertiary/aromatic N) is 2. The van der Waals surface area contributed by atoms with Gasteiger partial charge in [-0.2, -0.15) is 5.10 Å². The summed E-state index contributed by atoms with van der Waals surface area (Å²) in [7, 11) is 0. The molecule has 0 spiro atoms. The van der Waals surface area contributed by atoms with Crippen LogP contribution in [-0.4, -0.2) is 16.3 Å². The number of aromatic nitrogens is 2. The molecule has 2 aromatic rings. The summed E-state index contributed by atoms with van der Waals surface area (Å²) in [5, 5.41) is 7.79. The molecule has 18 heavy (non-hydrogen) atoms. The lowest BCUT2D eigenvalue weighted by molar-refractivity contribution is 0.661. The minimum absolute atomic E-state index is 0.884. The Morgan fingerprint density at radius 2 is 2.22 bits per heavy atom. The van der Waals surface area contributed by atoms with Crippen LogP contribution in [0.3, 0.4) is 0 Å². The highest BCUT2D eigenvalue weighted by Gasteiger charge is 2.07. The van der Waals surface area contributed by atoms with E-state index in [9.17, 15) is 0 Å². The molecule has 0 amide bonds. The molecule has 98 valence electrons. The quantitative estimate of drug-likeness (QED) is 0.812. The van der Waals surface area contributed by atoms with E-state index >= 15 is 0 Å². The Morgan fingerprint density at radius 3 is 2.89 bits per heavy atom. The molecule has 0 aliphatic carbocycles. The van der Waals surface area contributed by atoms with Crippen molar-refractivity contribution in [3.8, 4) is 0 Å². The van der Waals surface area contributed by atoms with Gasteiger partial charge in [-0.05, 0) is 44.5 Å². The highest BCUT2D eigenvalue weighted by atomic mass is 32.1. The van der Waals surface area contributed by atoms with Gasteiger partial charge in [0.2, 0.25) is 0 Å². The van der Waals surface area contributed by atoms with Crippen molar-refractivity contribution < 1.29 is 0 Å². The third kappa shape index (κ3) is 3.21. The van der Waals surface area contributed by atoms with E-state index in [-0.39, 0.29) is 0 Å². The Balaban J connectivity index is 2.03. The van der Waals surface area contributed by atoms with Crippen LogP contribution in [0.15, 0.2) is 18.3 Å². The largest absolute Gasteiger partial charge is 0.312 e. The minimum atomic E-state index is 0.884. The minimum Gasteiger partial charge on any atom is -0.312 e. The lowest BCUT2D eigenvalue weighted by Crippen LogP contribution is -2.12. The Labute approximate surface area is 113 Å². The van der Waals surface area contributed by atoms with Crippen LogP contribution in [0, 0.1) is 13.8 Å². The summed E-state index contributed by atoms with van der Waals surface area (Å²) in [6, 6.07) is 4.36. The third-order valence-electron chi connectivity index (χ3n) is 3.05. The molecule has 0 fully saturated rings. The van der Waals surface area contributed by atoms with Crippen molar-refractivity contribution in [1.29, 1.82) is 0 Å². The van der Waals surface area contributed by atoms with E-state index in [0.717, 1.165) is 19.6 Å². The Morgan fingerprint density at radius 1 is 1.39 bits per heavy atom. The second kappa shape index (κ2) is 6.16. The molecule has 4 heteroatoms. The molecular formula is C14H21N3S. The first-order valence-corrected chi connectivity index (χ1v) is 7.29. The lowest BCUT2D eigenvalue weighted by Gasteiger charge is -2.03. The second-order valence-corrected chi connectivity index (χ2v) is 5.94. The SMILES string of the molecule is CCCNCc1cc(Cn2nccc2C)c(C)s1. The van der Waals surface area contributed by atoms with Crippen LogP contribution in [-0.2, 0) is 13.1 Å². The van der Waals surface area contributed by atoms with Crippen LogP contribution in [0.2, 0.25) is 0 Å². The van der Waals surface area contributed by atoms with Crippen molar-refractivity contribution >= 4 is 11.3 Å². The van der Waals surface area contributed by atoms with Crippen molar-refractivity contribution in [1.82, 2.24) is 15.1 Å². The summed E-state index contributed by atoms with van der Waals surface area (Å²) in [4.78, 5) is 2.82. The maximum atomic E-state index is 4.34. The standard InChI is InChI=1S/C14H21N3S/c1-4-6-15-9-14-8-13(12(3)18-14)10-17-11(2)5-7-16-17/h5,7-8,15H,4,6,9-10H2,1-3H3. The van der Waals surface area contributed by atoms with Crippen LogP contribution in [0.5, 0.6) is 0 Å². The molecule has 0 aliphatic rings. The fourth-order valence-corrected chi connectivity index (χ4v) is 2.97. The van der Waals surface area contributed by atoms with Crippen LogP contribution in [0.25, 0.3) is 0 Å². The highest BCUT2D eigenvalue weighted by molar-refractivity contribution is 7.12. The molecular weight excluding hydrogens is 242 g/mol. The smallest absolute Gasteiger partial charge is 0.0673 e. The number of aryl methyl sites for hydroxylation is 2. The summed E-state index contributed by atoms with van der Waals surface area (Å²) in [5.74, 6) is 0. The molecule has 0 bridgehead atoms.